The topological polar surface area (TPSA) is 60.7 Å². The van der Waals surface area contributed by atoms with Gasteiger partial charge < -0.3 is 15.3 Å². The van der Waals surface area contributed by atoms with E-state index in [0.717, 1.165) is 43.4 Å². The molecule has 0 heterocycles. The van der Waals surface area contributed by atoms with Gasteiger partial charge in [-0.15, -0.1) is 0 Å². The normalized spacial score (nSPS) is 12.9. The second-order valence-electron chi connectivity index (χ2n) is 11.6. The number of rotatable bonds is 7. The van der Waals surface area contributed by atoms with E-state index >= 15 is 0 Å². The smallest absolute Gasteiger partial charge is 0.116 e. The summed E-state index contributed by atoms with van der Waals surface area (Å²) in [4.78, 5) is 0. The average Bonchev–Trinajstić information content (AvgIpc) is 3.02. The highest BCUT2D eigenvalue weighted by Gasteiger charge is 2.36. The predicted octanol–water partition coefficient (Wildman–Crippen LogP) is 8.10. The fourth-order valence-corrected chi connectivity index (χ4v) is 7.26. The molecule has 0 aromatic heterocycles. The summed E-state index contributed by atoms with van der Waals surface area (Å²) in [6.07, 6.45) is 0.847. The fraction of sp³-hybridized carbons (Fsp3) is 0.158. The van der Waals surface area contributed by atoms with Gasteiger partial charge in [0.15, 0.2) is 0 Å². The van der Waals surface area contributed by atoms with Gasteiger partial charge >= 0.3 is 0 Å². The van der Waals surface area contributed by atoms with Crippen LogP contribution in [0.1, 0.15) is 24.0 Å². The maximum Gasteiger partial charge on any atom is 0.116 e. The summed E-state index contributed by atoms with van der Waals surface area (Å²) >= 11 is 0. The van der Waals surface area contributed by atoms with Crippen molar-refractivity contribution in [3.63, 3.8) is 0 Å². The molecule has 8 rings (SSSR count). The van der Waals surface area contributed by atoms with Gasteiger partial charge in [0, 0.05) is 19.1 Å². The van der Waals surface area contributed by atoms with Crippen LogP contribution in [0.5, 0.6) is 0 Å². The van der Waals surface area contributed by atoms with E-state index in [0.29, 0.717) is 12.8 Å². The Morgan fingerprint density at radius 2 is 0.829 bits per heavy atom. The molecule has 41 heavy (non-hydrogen) atoms. The molecule has 3 nitrogen and oxygen atoms in total. The molecular formula is C38H30O3. The van der Waals surface area contributed by atoms with Gasteiger partial charge in [0.05, 0.1) is 0 Å². The fourth-order valence-electron chi connectivity index (χ4n) is 7.26. The van der Waals surface area contributed by atoms with Gasteiger partial charge in [-0.2, -0.15) is 0 Å². The van der Waals surface area contributed by atoms with E-state index in [2.05, 4.69) is 109 Å². The highest BCUT2D eigenvalue weighted by Crippen LogP contribution is 2.47. The van der Waals surface area contributed by atoms with Crippen molar-refractivity contribution in [2.24, 2.45) is 5.92 Å². The van der Waals surface area contributed by atoms with Crippen LogP contribution in [-0.4, -0.2) is 28.5 Å². The molecule has 0 radical (unpaired) electrons. The summed E-state index contributed by atoms with van der Waals surface area (Å²) in [5.74, 6) is -0.305. The lowest BCUT2D eigenvalue weighted by molar-refractivity contribution is 0.0538. The zero-order chi connectivity index (χ0) is 27.7. The van der Waals surface area contributed by atoms with Crippen LogP contribution in [0.2, 0.25) is 0 Å². The Labute approximate surface area is 237 Å². The van der Waals surface area contributed by atoms with Crippen molar-refractivity contribution in [2.75, 3.05) is 13.2 Å². The third kappa shape index (κ3) is 3.50. The summed E-state index contributed by atoms with van der Waals surface area (Å²) < 4.78 is 0. The van der Waals surface area contributed by atoms with E-state index < -0.39 is 5.60 Å². The molecule has 8 aromatic carbocycles. The highest BCUT2D eigenvalue weighted by molar-refractivity contribution is 6.25. The van der Waals surface area contributed by atoms with Crippen molar-refractivity contribution < 1.29 is 15.3 Å². The lowest BCUT2D eigenvalue weighted by Crippen LogP contribution is -2.30. The van der Waals surface area contributed by atoms with Crippen molar-refractivity contribution in [3.8, 4) is 0 Å². The third-order valence-corrected chi connectivity index (χ3v) is 9.38. The molecule has 3 heteroatoms. The summed E-state index contributed by atoms with van der Waals surface area (Å²) in [7, 11) is 0. The molecule has 200 valence electrons. The van der Waals surface area contributed by atoms with E-state index in [1.54, 1.807) is 0 Å². The SMILES string of the molecule is OCC(CO)CCC(O)(c1ccc2ccc3cccc4ccc1c2c34)c1ccc2ccc3cccc4ccc1c2c34. The molecule has 0 aliphatic carbocycles. The Bertz CT molecular complexity index is 2030. The summed E-state index contributed by atoms with van der Waals surface area (Å²) in [5.41, 5.74) is 0.355. The molecule has 3 N–H and O–H groups in total. The van der Waals surface area contributed by atoms with Gasteiger partial charge in [-0.25, -0.2) is 0 Å². The summed E-state index contributed by atoms with van der Waals surface area (Å²) in [6.45, 7) is -0.243. The van der Waals surface area contributed by atoms with Gasteiger partial charge in [0.1, 0.15) is 5.60 Å². The first-order valence-corrected chi connectivity index (χ1v) is 14.4. The summed E-state index contributed by atoms with van der Waals surface area (Å²) in [5, 5.41) is 46.8. The minimum absolute atomic E-state index is 0.121. The second-order valence-corrected chi connectivity index (χ2v) is 11.6. The molecule has 0 aliphatic rings. The molecule has 0 atom stereocenters. The standard InChI is InChI=1S/C38H30O3/c39-21-23(22-40)19-20-38(41,32-17-13-28-9-7-24-3-1-5-26-11-15-30(32)36(28)34(24)26)33-18-14-29-10-8-25-4-2-6-27-12-16-31(33)37(29)35(25)27/h1-18,23,39-41H,19-22H2. The number of hydrogen-bond acceptors (Lipinski definition) is 3. The number of aliphatic hydroxyl groups excluding tert-OH is 2. The van der Waals surface area contributed by atoms with Crippen LogP contribution in [0.25, 0.3) is 64.6 Å². The first-order valence-electron chi connectivity index (χ1n) is 14.4. The predicted molar refractivity (Wildman–Crippen MR) is 170 cm³/mol. The number of hydrogen-bond donors (Lipinski definition) is 3. The third-order valence-electron chi connectivity index (χ3n) is 9.38. The number of aliphatic hydroxyl groups is 3. The minimum Gasteiger partial charge on any atom is -0.396 e. The molecule has 8 aromatic rings. The van der Waals surface area contributed by atoms with Crippen molar-refractivity contribution in [3.05, 3.63) is 120 Å². The van der Waals surface area contributed by atoms with Gasteiger partial charge in [-0.05, 0) is 88.6 Å². The first kappa shape index (κ1) is 24.5. The van der Waals surface area contributed by atoms with E-state index in [1.807, 2.05) is 0 Å². The van der Waals surface area contributed by atoms with Crippen molar-refractivity contribution in [2.45, 2.75) is 18.4 Å². The Balaban J connectivity index is 1.46. The van der Waals surface area contributed by atoms with Crippen LogP contribution < -0.4 is 0 Å². The van der Waals surface area contributed by atoms with Crippen LogP contribution in [0.4, 0.5) is 0 Å². The first-order chi connectivity index (χ1) is 20.1. The van der Waals surface area contributed by atoms with E-state index in [-0.39, 0.29) is 19.1 Å². The monoisotopic (exact) mass is 534 g/mol. The molecule has 0 unspecified atom stereocenters. The number of benzene rings is 8. The molecule has 0 bridgehead atoms. The highest BCUT2D eigenvalue weighted by atomic mass is 16.3. The molecule has 0 amide bonds. The van der Waals surface area contributed by atoms with Crippen LogP contribution in [0, 0.1) is 5.92 Å². The van der Waals surface area contributed by atoms with Gasteiger partial charge in [-0.1, -0.05) is 109 Å². The molecule has 0 saturated heterocycles. The van der Waals surface area contributed by atoms with E-state index in [1.165, 1.54) is 32.3 Å². The van der Waals surface area contributed by atoms with Crippen molar-refractivity contribution in [1.29, 1.82) is 0 Å². The van der Waals surface area contributed by atoms with E-state index in [4.69, 9.17) is 0 Å². The molecular weight excluding hydrogens is 504 g/mol. The lowest BCUT2D eigenvalue weighted by Gasteiger charge is -2.34. The van der Waals surface area contributed by atoms with Crippen LogP contribution in [0.3, 0.4) is 0 Å². The lowest BCUT2D eigenvalue weighted by atomic mass is 9.75. The average molecular weight is 535 g/mol. The quantitative estimate of drug-likeness (QED) is 0.181. The maximum absolute atomic E-state index is 13.1. The van der Waals surface area contributed by atoms with Gasteiger partial charge in [0.25, 0.3) is 0 Å². The van der Waals surface area contributed by atoms with Crippen molar-refractivity contribution in [1.82, 2.24) is 0 Å². The van der Waals surface area contributed by atoms with Crippen molar-refractivity contribution >= 4 is 64.6 Å². The maximum atomic E-state index is 13.1. The van der Waals surface area contributed by atoms with Gasteiger partial charge in [0.2, 0.25) is 0 Å². The Morgan fingerprint density at radius 3 is 1.24 bits per heavy atom. The second kappa shape index (κ2) is 9.12. The molecule has 0 saturated carbocycles. The van der Waals surface area contributed by atoms with Gasteiger partial charge in [-0.3, -0.25) is 0 Å². The van der Waals surface area contributed by atoms with E-state index in [9.17, 15) is 15.3 Å². The summed E-state index contributed by atoms with van der Waals surface area (Å²) in [6, 6.07) is 38.4. The largest absolute Gasteiger partial charge is 0.396 e. The Morgan fingerprint density at radius 1 is 0.463 bits per heavy atom. The molecule has 0 fully saturated rings. The Kier molecular flexibility index (Phi) is 5.45. The Hall–Kier alpha value is -4.28. The van der Waals surface area contributed by atoms with Crippen LogP contribution in [0.15, 0.2) is 109 Å². The van der Waals surface area contributed by atoms with Crippen LogP contribution >= 0.6 is 0 Å². The van der Waals surface area contributed by atoms with Crippen LogP contribution in [-0.2, 0) is 5.60 Å². The zero-order valence-corrected chi connectivity index (χ0v) is 22.6. The zero-order valence-electron chi connectivity index (χ0n) is 22.6. The minimum atomic E-state index is -1.35. The molecule has 0 aliphatic heterocycles. The molecule has 0 spiro atoms.